The fraction of sp³-hybridized carbons (Fsp3) is 0.222. The zero-order valence-electron chi connectivity index (χ0n) is 9.91. The number of aromatic nitrogens is 1. The van der Waals surface area contributed by atoms with Crippen molar-refractivity contribution in [3.63, 3.8) is 0 Å². The van der Waals surface area contributed by atoms with E-state index in [1.165, 1.54) is 0 Å². The van der Waals surface area contributed by atoms with Crippen molar-refractivity contribution in [3.8, 4) is 5.88 Å². The molecule has 1 rings (SSSR count). The monoisotopic (exact) mass is 294 g/mol. The number of carbonyl (C=O) groups is 2. The number of hydrogen-bond donors (Lipinski definition) is 4. The Hall–Kier alpha value is -2.56. The number of nitrogens with zero attached hydrogens (tertiary/aromatic N) is 1. The number of carboxylic acid groups (broad SMARTS) is 1. The van der Waals surface area contributed by atoms with Gasteiger partial charge in [0.15, 0.2) is 5.69 Å². The lowest BCUT2D eigenvalue weighted by molar-refractivity contribution is -0.139. The minimum absolute atomic E-state index is 0.393. The maximum atomic E-state index is 12.7. The molecule has 110 valence electrons. The molecular formula is C9H9F3N4O4. The lowest BCUT2D eigenvalue weighted by Gasteiger charge is -2.15. The number of anilines is 1. The van der Waals surface area contributed by atoms with Crippen molar-refractivity contribution in [1.82, 2.24) is 10.4 Å². The second-order valence-electron chi connectivity index (χ2n) is 3.34. The Labute approximate surface area is 109 Å². The van der Waals surface area contributed by atoms with E-state index in [0.29, 0.717) is 6.07 Å². The van der Waals surface area contributed by atoms with Crippen molar-refractivity contribution in [2.45, 2.75) is 6.18 Å². The van der Waals surface area contributed by atoms with Crippen LogP contribution in [0.1, 0.15) is 16.1 Å². The first-order chi connectivity index (χ1) is 9.20. The lowest BCUT2D eigenvalue weighted by atomic mass is 10.2. The number of hydrazine groups is 1. The molecule has 0 atom stereocenters. The van der Waals surface area contributed by atoms with Gasteiger partial charge in [0.2, 0.25) is 5.88 Å². The molecular weight excluding hydrogens is 285 g/mol. The van der Waals surface area contributed by atoms with E-state index in [2.05, 4.69) is 9.72 Å². The smallest absolute Gasteiger partial charge is 0.421 e. The highest BCUT2D eigenvalue weighted by molar-refractivity contribution is 6.00. The molecule has 0 aliphatic heterocycles. The minimum Gasteiger partial charge on any atom is -0.481 e. The second kappa shape index (κ2) is 5.61. The van der Waals surface area contributed by atoms with Gasteiger partial charge in [0.05, 0.1) is 12.8 Å². The Morgan fingerprint density at radius 1 is 1.45 bits per heavy atom. The first-order valence-electron chi connectivity index (χ1n) is 4.87. The van der Waals surface area contributed by atoms with Gasteiger partial charge in [-0.15, -0.1) is 0 Å². The van der Waals surface area contributed by atoms with Crippen molar-refractivity contribution < 1.29 is 32.6 Å². The van der Waals surface area contributed by atoms with Crippen LogP contribution in [0.4, 0.5) is 23.7 Å². The van der Waals surface area contributed by atoms with Gasteiger partial charge in [-0.25, -0.2) is 15.6 Å². The van der Waals surface area contributed by atoms with Crippen LogP contribution in [0, 0.1) is 0 Å². The number of hydrogen-bond acceptors (Lipinski definition) is 5. The van der Waals surface area contributed by atoms with E-state index in [1.54, 1.807) is 10.7 Å². The molecule has 1 aromatic heterocycles. The van der Waals surface area contributed by atoms with Crippen molar-refractivity contribution in [2.75, 3.05) is 12.4 Å². The maximum absolute atomic E-state index is 12.7. The topological polar surface area (TPSA) is 127 Å². The van der Waals surface area contributed by atoms with E-state index >= 15 is 0 Å². The van der Waals surface area contributed by atoms with E-state index in [4.69, 9.17) is 10.9 Å². The molecule has 0 bridgehead atoms. The summed E-state index contributed by atoms with van der Waals surface area (Å²) in [4.78, 5) is 25.2. The maximum Gasteiger partial charge on any atom is 0.421 e. The molecule has 0 spiro atoms. The number of methoxy groups -OCH3 is 1. The molecule has 0 aliphatic carbocycles. The fourth-order valence-corrected chi connectivity index (χ4v) is 1.31. The molecule has 20 heavy (non-hydrogen) atoms. The molecule has 2 amide bonds. The molecule has 8 nitrogen and oxygen atoms in total. The summed E-state index contributed by atoms with van der Waals surface area (Å²) in [7, 11) is 0.923. The van der Waals surface area contributed by atoms with E-state index in [-0.39, 0.29) is 0 Å². The van der Waals surface area contributed by atoms with Crippen LogP contribution < -0.4 is 21.3 Å². The molecule has 11 heteroatoms. The Kier molecular flexibility index (Phi) is 4.34. The molecule has 0 aliphatic rings. The number of nitrogens with one attached hydrogen (secondary N) is 2. The van der Waals surface area contributed by atoms with Crippen LogP contribution in [0.15, 0.2) is 6.07 Å². The molecule has 0 unspecified atom stereocenters. The third-order valence-electron chi connectivity index (χ3n) is 2.07. The van der Waals surface area contributed by atoms with Crippen molar-refractivity contribution in [3.05, 3.63) is 17.3 Å². The minimum atomic E-state index is -4.84. The van der Waals surface area contributed by atoms with Gasteiger partial charge < -0.3 is 9.84 Å². The van der Waals surface area contributed by atoms with Gasteiger partial charge in [-0.1, -0.05) is 0 Å². The van der Waals surface area contributed by atoms with Crippen molar-refractivity contribution in [2.24, 2.45) is 5.84 Å². The number of nitrogen functional groups attached to an aromatic ring is 1. The molecule has 0 aromatic carbocycles. The molecule has 0 radical (unpaired) electrons. The van der Waals surface area contributed by atoms with Crippen LogP contribution in [0.5, 0.6) is 5.88 Å². The number of rotatable bonds is 3. The summed E-state index contributed by atoms with van der Waals surface area (Å²) in [6.07, 6.45) is -6.51. The summed E-state index contributed by atoms with van der Waals surface area (Å²) in [6.45, 7) is 0. The summed E-state index contributed by atoms with van der Waals surface area (Å²) in [6, 6.07) is 0.393. The Bertz CT molecular complexity index is 547. The molecule has 0 saturated carbocycles. The standard InChI is InChI=1S/C9H9F3N4O4/c1-20-7-3(9(10,11)12)2-4(14-8(18)19)5(15-7)6(17)16-13/h2,14H,13H2,1H3,(H,16,17)(H,18,19). The molecule has 1 heterocycles. The average molecular weight is 294 g/mol. The van der Waals surface area contributed by atoms with Crippen LogP contribution in [-0.2, 0) is 6.18 Å². The van der Waals surface area contributed by atoms with Crippen molar-refractivity contribution in [1.29, 1.82) is 0 Å². The first-order valence-corrected chi connectivity index (χ1v) is 4.87. The number of carbonyl (C=O) groups excluding carboxylic acids is 1. The third kappa shape index (κ3) is 3.26. The van der Waals surface area contributed by atoms with Crippen LogP contribution in [0.25, 0.3) is 0 Å². The number of nitrogens with two attached hydrogens (primary N) is 1. The van der Waals surface area contributed by atoms with E-state index < -0.39 is 41.0 Å². The summed E-state index contributed by atoms with van der Waals surface area (Å²) in [5, 5.41) is 10.2. The molecule has 0 saturated heterocycles. The Balaban J connectivity index is 3.52. The quantitative estimate of drug-likeness (QED) is 0.371. The Morgan fingerprint density at radius 2 is 2.05 bits per heavy atom. The zero-order valence-corrected chi connectivity index (χ0v) is 9.91. The molecule has 5 N–H and O–H groups in total. The summed E-state index contributed by atoms with van der Waals surface area (Å²) in [5.41, 5.74) is -1.03. The number of amides is 2. The summed E-state index contributed by atoms with van der Waals surface area (Å²) < 4.78 is 42.7. The normalized spacial score (nSPS) is 10.8. The highest BCUT2D eigenvalue weighted by atomic mass is 19.4. The third-order valence-corrected chi connectivity index (χ3v) is 2.07. The first kappa shape index (κ1) is 15.5. The molecule has 1 aromatic rings. The van der Waals surface area contributed by atoms with Gasteiger partial charge in [-0.05, 0) is 6.07 Å². The van der Waals surface area contributed by atoms with Crippen LogP contribution in [0.2, 0.25) is 0 Å². The predicted octanol–water partition coefficient (Wildman–Crippen LogP) is 0.802. The van der Waals surface area contributed by atoms with Gasteiger partial charge in [-0.2, -0.15) is 13.2 Å². The highest BCUT2D eigenvalue weighted by Crippen LogP contribution is 2.37. The lowest BCUT2D eigenvalue weighted by Crippen LogP contribution is -2.32. The average Bonchev–Trinajstić information content (AvgIpc) is 2.35. The summed E-state index contributed by atoms with van der Waals surface area (Å²) in [5.74, 6) is 2.88. The van der Waals surface area contributed by atoms with E-state index in [0.717, 1.165) is 7.11 Å². The number of ether oxygens (including phenoxy) is 1. The van der Waals surface area contributed by atoms with Crippen LogP contribution in [-0.4, -0.2) is 29.2 Å². The van der Waals surface area contributed by atoms with Gasteiger partial charge in [0.1, 0.15) is 5.56 Å². The Morgan fingerprint density at radius 3 is 2.45 bits per heavy atom. The van der Waals surface area contributed by atoms with Crippen LogP contribution in [0.3, 0.4) is 0 Å². The van der Waals surface area contributed by atoms with Gasteiger partial charge in [-0.3, -0.25) is 15.5 Å². The number of pyridine rings is 1. The van der Waals surface area contributed by atoms with Crippen molar-refractivity contribution >= 4 is 17.7 Å². The summed E-state index contributed by atoms with van der Waals surface area (Å²) >= 11 is 0. The zero-order chi connectivity index (χ0) is 15.5. The van der Waals surface area contributed by atoms with Crippen LogP contribution >= 0.6 is 0 Å². The second-order valence-corrected chi connectivity index (χ2v) is 3.34. The van der Waals surface area contributed by atoms with E-state index in [1.807, 2.05) is 0 Å². The number of halogens is 3. The largest absolute Gasteiger partial charge is 0.481 e. The van der Waals surface area contributed by atoms with Gasteiger partial charge in [0.25, 0.3) is 5.91 Å². The predicted molar refractivity (Wildman–Crippen MR) is 59.1 cm³/mol. The van der Waals surface area contributed by atoms with Gasteiger partial charge >= 0.3 is 12.3 Å². The molecule has 0 fully saturated rings. The SMILES string of the molecule is COc1nc(C(=O)NN)c(NC(=O)O)cc1C(F)(F)F. The number of alkyl halides is 3. The van der Waals surface area contributed by atoms with E-state index in [9.17, 15) is 22.8 Å². The fourth-order valence-electron chi connectivity index (χ4n) is 1.31. The highest BCUT2D eigenvalue weighted by Gasteiger charge is 2.37. The van der Waals surface area contributed by atoms with Gasteiger partial charge in [0, 0.05) is 0 Å².